The molecule has 28 heavy (non-hydrogen) atoms. The van der Waals surface area contributed by atoms with E-state index in [1.165, 1.54) is 12.1 Å². The van der Waals surface area contributed by atoms with Gasteiger partial charge in [0.15, 0.2) is 5.96 Å². The molecule has 0 aliphatic carbocycles. The molecule has 1 unspecified atom stereocenters. The molecule has 1 aromatic carbocycles. The number of nitrogens with zero attached hydrogens (tertiary/aromatic N) is 2. The molecule has 3 N–H and O–H groups in total. The summed E-state index contributed by atoms with van der Waals surface area (Å²) in [5.41, 5.74) is 0.526. The van der Waals surface area contributed by atoms with E-state index in [0.29, 0.717) is 25.6 Å². The van der Waals surface area contributed by atoms with Crippen LogP contribution in [0.5, 0.6) is 0 Å². The Hall–Kier alpha value is -2.35. The number of ether oxygens (including phenoxy) is 1. The van der Waals surface area contributed by atoms with E-state index in [1.54, 1.807) is 19.2 Å². The van der Waals surface area contributed by atoms with Crippen LogP contribution in [0.25, 0.3) is 0 Å². The van der Waals surface area contributed by atoms with E-state index in [4.69, 9.17) is 4.74 Å². The van der Waals surface area contributed by atoms with Gasteiger partial charge in [0.2, 0.25) is 0 Å². The second kappa shape index (κ2) is 11.5. The summed E-state index contributed by atoms with van der Waals surface area (Å²) in [5.74, 6) is 0.429. The summed E-state index contributed by atoms with van der Waals surface area (Å²) in [5, 5.41) is 9.22. The lowest BCUT2D eigenvalue weighted by Crippen LogP contribution is -2.42. The number of hydrogen-bond acceptors (Lipinski definition) is 4. The molecule has 0 aliphatic heterocycles. The number of aliphatic imine (C=N–C) groups is 1. The number of guanidine groups is 1. The number of likely N-dealkylation sites (N-methyl/N-ethyl adjacent to an activating group) is 1. The zero-order chi connectivity index (χ0) is 21.2. The normalized spacial score (nSPS) is 13.2. The van der Waals surface area contributed by atoms with E-state index in [-0.39, 0.29) is 11.9 Å². The van der Waals surface area contributed by atoms with Crippen LogP contribution in [0.15, 0.2) is 29.3 Å². The van der Waals surface area contributed by atoms with Crippen molar-refractivity contribution in [1.82, 2.24) is 20.9 Å². The number of alkyl carbamates (subject to hydrolysis) is 1. The fourth-order valence-corrected chi connectivity index (χ4v) is 2.50. The lowest BCUT2D eigenvalue weighted by atomic mass is 10.1. The van der Waals surface area contributed by atoms with Gasteiger partial charge in [0, 0.05) is 26.7 Å². The van der Waals surface area contributed by atoms with Crippen LogP contribution >= 0.6 is 0 Å². The summed E-state index contributed by atoms with van der Waals surface area (Å²) in [6.07, 6.45) is 0.317. The first-order valence-corrected chi connectivity index (χ1v) is 9.45. The Morgan fingerprint density at radius 2 is 1.75 bits per heavy atom. The van der Waals surface area contributed by atoms with Crippen molar-refractivity contribution >= 4 is 12.1 Å². The number of benzene rings is 1. The van der Waals surface area contributed by atoms with Gasteiger partial charge in [-0.1, -0.05) is 12.1 Å². The Bertz CT molecular complexity index is 626. The van der Waals surface area contributed by atoms with E-state index in [1.807, 2.05) is 34.9 Å². The number of carbonyl (C=O) groups is 1. The summed E-state index contributed by atoms with van der Waals surface area (Å²) in [6.45, 7) is 7.27. The van der Waals surface area contributed by atoms with Crippen molar-refractivity contribution in [2.45, 2.75) is 38.8 Å². The number of halogens is 1. The third-order valence-electron chi connectivity index (χ3n) is 3.88. The Kier molecular flexibility index (Phi) is 9.72. The fraction of sp³-hybridized carbons (Fsp3) is 0.600. The predicted molar refractivity (Wildman–Crippen MR) is 111 cm³/mol. The van der Waals surface area contributed by atoms with Gasteiger partial charge in [-0.3, -0.25) is 4.99 Å². The van der Waals surface area contributed by atoms with Crippen molar-refractivity contribution in [3.8, 4) is 0 Å². The lowest BCUT2D eigenvalue weighted by Gasteiger charge is -2.26. The first kappa shape index (κ1) is 23.7. The van der Waals surface area contributed by atoms with Crippen molar-refractivity contribution in [3.05, 3.63) is 35.6 Å². The van der Waals surface area contributed by atoms with Gasteiger partial charge in [-0.2, -0.15) is 0 Å². The van der Waals surface area contributed by atoms with Crippen LogP contribution in [-0.2, 0) is 4.74 Å². The zero-order valence-corrected chi connectivity index (χ0v) is 17.8. The number of amides is 1. The minimum atomic E-state index is -0.498. The molecule has 0 aliphatic rings. The van der Waals surface area contributed by atoms with Gasteiger partial charge in [0.25, 0.3) is 0 Å². The molecule has 0 bridgehead atoms. The van der Waals surface area contributed by atoms with Crippen molar-refractivity contribution < 1.29 is 13.9 Å². The van der Waals surface area contributed by atoms with Crippen molar-refractivity contribution in [3.63, 3.8) is 0 Å². The van der Waals surface area contributed by atoms with Gasteiger partial charge in [-0.05, 0) is 59.0 Å². The molecule has 7 nitrogen and oxygen atoms in total. The van der Waals surface area contributed by atoms with Gasteiger partial charge in [-0.15, -0.1) is 0 Å². The van der Waals surface area contributed by atoms with Crippen LogP contribution in [0.2, 0.25) is 0 Å². The quantitative estimate of drug-likeness (QED) is 0.358. The van der Waals surface area contributed by atoms with Crippen molar-refractivity contribution in [2.24, 2.45) is 4.99 Å². The van der Waals surface area contributed by atoms with Crippen LogP contribution < -0.4 is 16.0 Å². The highest BCUT2D eigenvalue weighted by atomic mass is 19.1. The molecule has 0 saturated heterocycles. The minimum absolute atomic E-state index is 0.0768. The summed E-state index contributed by atoms with van der Waals surface area (Å²) in [6, 6.07) is 6.60. The Labute approximate surface area is 167 Å². The van der Waals surface area contributed by atoms with Gasteiger partial charge >= 0.3 is 6.09 Å². The third kappa shape index (κ3) is 9.55. The monoisotopic (exact) mass is 395 g/mol. The molecular weight excluding hydrogens is 361 g/mol. The first-order chi connectivity index (χ1) is 13.1. The second-order valence-electron chi connectivity index (χ2n) is 7.69. The first-order valence-electron chi connectivity index (χ1n) is 9.45. The van der Waals surface area contributed by atoms with Crippen molar-refractivity contribution in [2.75, 3.05) is 40.8 Å². The van der Waals surface area contributed by atoms with Crippen LogP contribution in [0.4, 0.5) is 9.18 Å². The minimum Gasteiger partial charge on any atom is -0.444 e. The Morgan fingerprint density at radius 3 is 2.29 bits per heavy atom. The molecule has 1 atom stereocenters. The smallest absolute Gasteiger partial charge is 0.407 e. The summed E-state index contributed by atoms with van der Waals surface area (Å²) in [4.78, 5) is 17.9. The van der Waals surface area contributed by atoms with E-state index >= 15 is 0 Å². The average Bonchev–Trinajstić information content (AvgIpc) is 2.59. The molecule has 1 aromatic rings. The summed E-state index contributed by atoms with van der Waals surface area (Å²) < 4.78 is 18.3. The van der Waals surface area contributed by atoms with E-state index < -0.39 is 11.7 Å². The van der Waals surface area contributed by atoms with Gasteiger partial charge < -0.3 is 25.6 Å². The van der Waals surface area contributed by atoms with Crippen LogP contribution in [-0.4, -0.2) is 63.3 Å². The molecular formula is C20H34FN5O2. The van der Waals surface area contributed by atoms with Crippen LogP contribution in [0, 0.1) is 5.82 Å². The largest absolute Gasteiger partial charge is 0.444 e. The molecule has 0 aromatic heterocycles. The van der Waals surface area contributed by atoms with Crippen LogP contribution in [0.1, 0.15) is 38.8 Å². The summed E-state index contributed by atoms with van der Waals surface area (Å²) in [7, 11) is 5.67. The maximum atomic E-state index is 13.2. The molecule has 0 spiro atoms. The molecule has 0 heterocycles. The second-order valence-corrected chi connectivity index (χ2v) is 7.69. The van der Waals surface area contributed by atoms with Crippen LogP contribution in [0.3, 0.4) is 0 Å². The lowest BCUT2D eigenvalue weighted by molar-refractivity contribution is 0.0527. The highest BCUT2D eigenvalue weighted by Crippen LogP contribution is 2.17. The highest BCUT2D eigenvalue weighted by Gasteiger charge is 2.16. The van der Waals surface area contributed by atoms with Gasteiger partial charge in [-0.25, -0.2) is 9.18 Å². The maximum absolute atomic E-state index is 13.2. The molecule has 0 fully saturated rings. The average molecular weight is 396 g/mol. The molecule has 1 rings (SSSR count). The topological polar surface area (TPSA) is 78.0 Å². The Balaban J connectivity index is 2.37. The highest BCUT2D eigenvalue weighted by molar-refractivity contribution is 5.79. The van der Waals surface area contributed by atoms with Gasteiger partial charge in [0.1, 0.15) is 11.4 Å². The summed E-state index contributed by atoms with van der Waals surface area (Å²) >= 11 is 0. The van der Waals surface area contributed by atoms with Gasteiger partial charge in [0.05, 0.1) is 6.04 Å². The number of nitrogens with one attached hydrogen (secondary N) is 3. The van der Waals surface area contributed by atoms with E-state index in [9.17, 15) is 9.18 Å². The molecule has 1 amide bonds. The van der Waals surface area contributed by atoms with E-state index in [2.05, 4.69) is 25.8 Å². The van der Waals surface area contributed by atoms with E-state index in [0.717, 1.165) is 12.0 Å². The molecule has 0 radical (unpaired) electrons. The molecule has 0 saturated carbocycles. The van der Waals surface area contributed by atoms with Crippen molar-refractivity contribution in [1.29, 1.82) is 0 Å². The number of hydrogen-bond donors (Lipinski definition) is 3. The SMILES string of the molecule is CN=C(NCCCNC(=O)OC(C)(C)C)NCC(c1ccc(F)cc1)N(C)C. The third-order valence-corrected chi connectivity index (χ3v) is 3.88. The fourth-order valence-electron chi connectivity index (χ4n) is 2.50. The Morgan fingerprint density at radius 1 is 1.14 bits per heavy atom. The number of carbonyl (C=O) groups excluding carboxylic acids is 1. The standard InChI is InChI=1S/C20H34FN5O2/c1-20(2,3)28-19(27)24-13-7-12-23-18(22-4)25-14-17(26(5)6)15-8-10-16(21)11-9-15/h8-11,17H,7,12-14H2,1-6H3,(H,24,27)(H2,22,23,25). The number of rotatable bonds is 8. The predicted octanol–water partition coefficient (Wildman–Crippen LogP) is 2.51. The molecule has 8 heteroatoms. The zero-order valence-electron chi connectivity index (χ0n) is 17.8. The molecule has 158 valence electrons. The maximum Gasteiger partial charge on any atom is 0.407 e.